The molecule has 0 spiro atoms. The molecule has 2 fully saturated rings. The SMILES string of the molecule is Cc1ccc(OCC(=O)N2CCC(NCC3CC3)CC2)cc1C.Cl. The van der Waals surface area contributed by atoms with Crippen LogP contribution in [-0.2, 0) is 4.79 Å². The summed E-state index contributed by atoms with van der Waals surface area (Å²) in [6.07, 6.45) is 4.89. The molecule has 2 aliphatic rings. The Morgan fingerprint density at radius 1 is 1.17 bits per heavy atom. The van der Waals surface area contributed by atoms with E-state index in [1.54, 1.807) is 0 Å². The number of halogens is 1. The van der Waals surface area contributed by atoms with Gasteiger partial charge in [-0.2, -0.15) is 0 Å². The van der Waals surface area contributed by atoms with Gasteiger partial charge in [0.25, 0.3) is 5.91 Å². The van der Waals surface area contributed by atoms with Gasteiger partial charge >= 0.3 is 0 Å². The lowest BCUT2D eigenvalue weighted by molar-refractivity contribution is -0.134. The molecule has 0 unspecified atom stereocenters. The molecule has 1 N–H and O–H groups in total. The van der Waals surface area contributed by atoms with Crippen LogP contribution in [0.4, 0.5) is 0 Å². The van der Waals surface area contributed by atoms with Crippen LogP contribution in [0.2, 0.25) is 0 Å². The van der Waals surface area contributed by atoms with Gasteiger partial charge in [0.15, 0.2) is 6.61 Å². The van der Waals surface area contributed by atoms with Crippen LogP contribution in [0, 0.1) is 19.8 Å². The monoisotopic (exact) mass is 352 g/mol. The van der Waals surface area contributed by atoms with Crippen molar-refractivity contribution >= 4 is 18.3 Å². The number of ether oxygens (including phenoxy) is 1. The van der Waals surface area contributed by atoms with E-state index in [4.69, 9.17) is 4.74 Å². The number of carbonyl (C=O) groups is 1. The number of nitrogens with one attached hydrogen (secondary N) is 1. The maximum absolute atomic E-state index is 12.3. The standard InChI is InChI=1S/C19H28N2O2.ClH/c1-14-3-6-18(11-15(14)2)23-13-19(22)21-9-7-17(8-10-21)20-12-16-4-5-16;/h3,6,11,16-17,20H,4-5,7-10,12-13H2,1-2H3;1H. The molecule has 134 valence electrons. The maximum atomic E-state index is 12.3. The molecule has 1 aromatic carbocycles. The average Bonchev–Trinajstić information content (AvgIpc) is 3.38. The summed E-state index contributed by atoms with van der Waals surface area (Å²) in [7, 11) is 0. The molecule has 0 atom stereocenters. The molecule has 3 rings (SSSR count). The molecule has 1 saturated heterocycles. The van der Waals surface area contributed by atoms with Gasteiger partial charge in [-0.05, 0) is 75.3 Å². The Kier molecular flexibility index (Phi) is 6.93. The van der Waals surface area contributed by atoms with Gasteiger partial charge in [-0.25, -0.2) is 0 Å². The summed E-state index contributed by atoms with van der Waals surface area (Å²) in [5.74, 6) is 1.80. The normalized spacial score (nSPS) is 18.2. The minimum Gasteiger partial charge on any atom is -0.484 e. The Balaban J connectivity index is 0.00000208. The van der Waals surface area contributed by atoms with Crippen molar-refractivity contribution in [1.82, 2.24) is 10.2 Å². The van der Waals surface area contributed by atoms with Gasteiger partial charge in [0.2, 0.25) is 0 Å². The third-order valence-corrected chi connectivity index (χ3v) is 5.08. The predicted molar refractivity (Wildman–Crippen MR) is 99.0 cm³/mol. The van der Waals surface area contributed by atoms with Crippen molar-refractivity contribution in [2.45, 2.75) is 45.6 Å². The molecule has 5 heteroatoms. The van der Waals surface area contributed by atoms with Crippen LogP contribution in [0.3, 0.4) is 0 Å². The minimum absolute atomic E-state index is 0. The number of hydrogen-bond donors (Lipinski definition) is 1. The molecule has 1 aliphatic heterocycles. The van der Waals surface area contributed by atoms with Crippen LogP contribution < -0.4 is 10.1 Å². The average molecular weight is 353 g/mol. The molecule has 4 nitrogen and oxygen atoms in total. The first-order valence-electron chi connectivity index (χ1n) is 8.83. The van der Waals surface area contributed by atoms with Crippen molar-refractivity contribution in [2.24, 2.45) is 5.92 Å². The number of hydrogen-bond acceptors (Lipinski definition) is 3. The fourth-order valence-electron chi connectivity index (χ4n) is 3.03. The lowest BCUT2D eigenvalue weighted by Gasteiger charge is -2.32. The van der Waals surface area contributed by atoms with Crippen molar-refractivity contribution in [1.29, 1.82) is 0 Å². The van der Waals surface area contributed by atoms with Crippen molar-refractivity contribution in [3.8, 4) is 5.75 Å². The quantitative estimate of drug-likeness (QED) is 0.855. The Labute approximate surface area is 151 Å². The van der Waals surface area contributed by atoms with Crippen LogP contribution >= 0.6 is 12.4 Å². The van der Waals surface area contributed by atoms with Crippen molar-refractivity contribution in [2.75, 3.05) is 26.2 Å². The molecule has 1 saturated carbocycles. The lowest BCUT2D eigenvalue weighted by atomic mass is 10.0. The van der Waals surface area contributed by atoms with Crippen molar-refractivity contribution < 1.29 is 9.53 Å². The number of likely N-dealkylation sites (tertiary alicyclic amines) is 1. The zero-order valence-corrected chi connectivity index (χ0v) is 15.5. The first kappa shape index (κ1) is 19.1. The van der Waals surface area contributed by atoms with Crippen molar-refractivity contribution in [3.63, 3.8) is 0 Å². The summed E-state index contributed by atoms with van der Waals surface area (Å²) in [6, 6.07) is 6.55. The number of rotatable bonds is 6. The second kappa shape index (κ2) is 8.72. The minimum atomic E-state index is 0. The molecule has 1 amide bonds. The smallest absolute Gasteiger partial charge is 0.260 e. The van der Waals surface area contributed by atoms with Gasteiger partial charge < -0.3 is 15.0 Å². The summed E-state index contributed by atoms with van der Waals surface area (Å²) in [5.41, 5.74) is 2.43. The number of aryl methyl sites for hydroxylation is 2. The molecular formula is C19H29ClN2O2. The van der Waals surface area contributed by atoms with Crippen LogP contribution in [0.1, 0.15) is 36.8 Å². The summed E-state index contributed by atoms with van der Waals surface area (Å²) in [6.45, 7) is 7.13. The van der Waals surface area contributed by atoms with Gasteiger partial charge in [0.05, 0.1) is 0 Å². The molecule has 1 aliphatic carbocycles. The summed E-state index contributed by atoms with van der Waals surface area (Å²) in [4.78, 5) is 14.2. The zero-order chi connectivity index (χ0) is 16.2. The van der Waals surface area contributed by atoms with Gasteiger partial charge in [-0.15, -0.1) is 12.4 Å². The molecule has 1 aromatic rings. The van der Waals surface area contributed by atoms with E-state index in [1.165, 1.54) is 24.0 Å². The van der Waals surface area contributed by atoms with Gasteiger partial charge in [0, 0.05) is 19.1 Å². The van der Waals surface area contributed by atoms with Gasteiger partial charge in [0.1, 0.15) is 5.75 Å². The fourth-order valence-corrected chi connectivity index (χ4v) is 3.03. The van der Waals surface area contributed by atoms with Crippen molar-refractivity contribution in [3.05, 3.63) is 29.3 Å². The van der Waals surface area contributed by atoms with Crippen LogP contribution in [-0.4, -0.2) is 43.1 Å². The Hall–Kier alpha value is -1.26. The van der Waals surface area contributed by atoms with E-state index in [-0.39, 0.29) is 24.9 Å². The van der Waals surface area contributed by atoms with E-state index >= 15 is 0 Å². The van der Waals surface area contributed by atoms with Crippen LogP contribution in [0.5, 0.6) is 5.75 Å². The third-order valence-electron chi connectivity index (χ3n) is 5.08. The predicted octanol–water partition coefficient (Wildman–Crippen LogP) is 3.09. The number of carbonyl (C=O) groups excluding carboxylic acids is 1. The van der Waals surface area contributed by atoms with Crippen LogP contribution in [0.25, 0.3) is 0 Å². The highest BCUT2D eigenvalue weighted by Gasteiger charge is 2.26. The van der Waals surface area contributed by atoms with Gasteiger partial charge in [-0.1, -0.05) is 6.07 Å². The molecule has 0 radical (unpaired) electrons. The van der Waals surface area contributed by atoms with E-state index in [0.29, 0.717) is 6.04 Å². The third kappa shape index (κ3) is 5.38. The summed E-state index contributed by atoms with van der Waals surface area (Å²) < 4.78 is 5.66. The Morgan fingerprint density at radius 3 is 2.50 bits per heavy atom. The fraction of sp³-hybridized carbons (Fsp3) is 0.632. The van der Waals surface area contributed by atoms with Gasteiger partial charge in [-0.3, -0.25) is 4.79 Å². The second-order valence-corrected chi connectivity index (χ2v) is 7.04. The number of amides is 1. The first-order chi connectivity index (χ1) is 11.1. The largest absolute Gasteiger partial charge is 0.484 e. The number of piperidine rings is 1. The van der Waals surface area contributed by atoms with E-state index in [2.05, 4.69) is 19.2 Å². The van der Waals surface area contributed by atoms with E-state index in [0.717, 1.165) is 44.1 Å². The maximum Gasteiger partial charge on any atom is 0.260 e. The zero-order valence-electron chi connectivity index (χ0n) is 14.7. The second-order valence-electron chi connectivity index (χ2n) is 7.04. The molecule has 1 heterocycles. The summed E-state index contributed by atoms with van der Waals surface area (Å²) in [5, 5.41) is 3.64. The highest BCUT2D eigenvalue weighted by Crippen LogP contribution is 2.28. The van der Waals surface area contributed by atoms with E-state index in [9.17, 15) is 4.79 Å². The molecular weight excluding hydrogens is 324 g/mol. The highest BCUT2D eigenvalue weighted by atomic mass is 35.5. The Bertz CT molecular complexity index is 552. The Morgan fingerprint density at radius 2 is 1.88 bits per heavy atom. The summed E-state index contributed by atoms with van der Waals surface area (Å²) >= 11 is 0. The van der Waals surface area contributed by atoms with E-state index < -0.39 is 0 Å². The topological polar surface area (TPSA) is 41.6 Å². The lowest BCUT2D eigenvalue weighted by Crippen LogP contribution is -2.46. The first-order valence-corrected chi connectivity index (χ1v) is 8.83. The van der Waals surface area contributed by atoms with E-state index in [1.807, 2.05) is 23.1 Å². The van der Waals surface area contributed by atoms with Crippen LogP contribution in [0.15, 0.2) is 18.2 Å². The molecule has 0 aromatic heterocycles. The number of benzene rings is 1. The molecule has 0 bridgehead atoms. The number of nitrogens with zero attached hydrogens (tertiary/aromatic N) is 1. The molecule has 24 heavy (non-hydrogen) atoms. The highest BCUT2D eigenvalue weighted by molar-refractivity contribution is 5.85.